The molecule has 6 nitrogen and oxygen atoms in total. The number of hydrogen-bond acceptors (Lipinski definition) is 5. The summed E-state index contributed by atoms with van der Waals surface area (Å²) in [5.74, 6) is 1.03. The molecule has 0 bridgehead atoms. The van der Waals surface area contributed by atoms with Gasteiger partial charge >= 0.3 is 0 Å². The Bertz CT molecular complexity index is 983. The molecule has 1 fully saturated rings. The second-order valence-electron chi connectivity index (χ2n) is 6.82. The molecule has 144 valence electrons. The number of nitrogens with zero attached hydrogens (tertiary/aromatic N) is 3. The largest absolute Gasteiger partial charge is 0.492 e. The average Bonchev–Trinajstić information content (AvgIpc) is 2.75. The molecule has 2 aromatic carbocycles. The van der Waals surface area contributed by atoms with E-state index in [0.29, 0.717) is 35.1 Å². The highest BCUT2D eigenvalue weighted by Gasteiger charge is 2.23. The summed E-state index contributed by atoms with van der Waals surface area (Å²) in [6, 6.07) is 15.1. The number of benzene rings is 2. The van der Waals surface area contributed by atoms with E-state index in [1.165, 1.54) is 6.42 Å². The van der Waals surface area contributed by atoms with Crippen molar-refractivity contribution in [2.45, 2.75) is 26.2 Å². The van der Waals surface area contributed by atoms with Crippen molar-refractivity contribution in [1.29, 1.82) is 0 Å². The van der Waals surface area contributed by atoms with Crippen LogP contribution in [0.15, 0.2) is 48.5 Å². The first-order valence-electron chi connectivity index (χ1n) is 9.81. The number of carbonyl (C=O) groups is 1. The fourth-order valence-corrected chi connectivity index (χ4v) is 3.50. The molecule has 0 saturated carbocycles. The van der Waals surface area contributed by atoms with Gasteiger partial charge in [0.2, 0.25) is 0 Å². The molecule has 2 heterocycles. The Balaban J connectivity index is 1.72. The van der Waals surface area contributed by atoms with Crippen molar-refractivity contribution in [3.05, 3.63) is 54.2 Å². The van der Waals surface area contributed by atoms with Gasteiger partial charge < -0.3 is 15.0 Å². The molecule has 1 aromatic heterocycles. The Morgan fingerprint density at radius 3 is 2.43 bits per heavy atom. The number of amides is 1. The van der Waals surface area contributed by atoms with Gasteiger partial charge in [0.25, 0.3) is 5.91 Å². The lowest BCUT2D eigenvalue weighted by Crippen LogP contribution is -2.33. The Morgan fingerprint density at radius 1 is 1.00 bits per heavy atom. The van der Waals surface area contributed by atoms with Gasteiger partial charge in [0, 0.05) is 13.1 Å². The molecule has 1 aliphatic rings. The minimum atomic E-state index is -0.272. The number of hydrogen-bond donors (Lipinski definition) is 1. The van der Waals surface area contributed by atoms with E-state index in [9.17, 15) is 4.79 Å². The third-order valence-electron chi connectivity index (χ3n) is 4.86. The number of piperidine rings is 1. The number of rotatable bonds is 5. The number of nitrogens with one attached hydrogen (secondary N) is 1. The summed E-state index contributed by atoms with van der Waals surface area (Å²) in [7, 11) is 0. The maximum absolute atomic E-state index is 13.2. The number of ether oxygens (including phenoxy) is 1. The second kappa shape index (κ2) is 8.25. The van der Waals surface area contributed by atoms with E-state index in [2.05, 4.69) is 15.2 Å². The molecule has 6 heteroatoms. The van der Waals surface area contributed by atoms with Crippen molar-refractivity contribution in [1.82, 2.24) is 9.97 Å². The van der Waals surface area contributed by atoms with Crippen molar-refractivity contribution in [2.24, 2.45) is 0 Å². The van der Waals surface area contributed by atoms with Gasteiger partial charge in [0.05, 0.1) is 23.3 Å². The van der Waals surface area contributed by atoms with E-state index < -0.39 is 0 Å². The molecule has 1 amide bonds. The van der Waals surface area contributed by atoms with Gasteiger partial charge in [0.15, 0.2) is 11.5 Å². The van der Waals surface area contributed by atoms with Crippen LogP contribution in [0.4, 0.5) is 11.5 Å². The fourth-order valence-electron chi connectivity index (χ4n) is 3.50. The van der Waals surface area contributed by atoms with Gasteiger partial charge in [-0.2, -0.15) is 0 Å². The van der Waals surface area contributed by atoms with Crippen molar-refractivity contribution < 1.29 is 9.53 Å². The predicted octanol–water partition coefficient (Wildman–Crippen LogP) is 4.27. The Morgan fingerprint density at radius 2 is 1.68 bits per heavy atom. The van der Waals surface area contributed by atoms with Crippen LogP contribution in [0.1, 0.15) is 36.7 Å². The number of anilines is 2. The Kier molecular flexibility index (Phi) is 5.37. The SMILES string of the molecule is CCOc1ccccc1NC(=O)c1nc2ccccc2nc1N1CCCCC1. The van der Waals surface area contributed by atoms with Gasteiger partial charge in [-0.05, 0) is 50.5 Å². The van der Waals surface area contributed by atoms with E-state index in [1.54, 1.807) is 0 Å². The van der Waals surface area contributed by atoms with Crippen molar-refractivity contribution in [3.63, 3.8) is 0 Å². The fraction of sp³-hybridized carbons (Fsp3) is 0.318. The third kappa shape index (κ3) is 3.76. The van der Waals surface area contributed by atoms with Crippen LogP contribution >= 0.6 is 0 Å². The highest BCUT2D eigenvalue weighted by atomic mass is 16.5. The first kappa shape index (κ1) is 18.2. The van der Waals surface area contributed by atoms with E-state index in [0.717, 1.165) is 31.4 Å². The lowest BCUT2D eigenvalue weighted by Gasteiger charge is -2.29. The molecule has 0 radical (unpaired) electrons. The van der Waals surface area contributed by atoms with Gasteiger partial charge in [-0.3, -0.25) is 4.79 Å². The molecule has 1 saturated heterocycles. The molecule has 1 aliphatic heterocycles. The zero-order chi connectivity index (χ0) is 19.3. The molecule has 0 unspecified atom stereocenters. The van der Waals surface area contributed by atoms with Gasteiger partial charge in [-0.25, -0.2) is 9.97 Å². The summed E-state index contributed by atoms with van der Waals surface area (Å²) in [6.45, 7) is 4.23. The summed E-state index contributed by atoms with van der Waals surface area (Å²) in [5.41, 5.74) is 2.50. The molecule has 4 rings (SSSR count). The Labute approximate surface area is 164 Å². The molecule has 3 aromatic rings. The maximum Gasteiger partial charge on any atom is 0.278 e. The normalized spacial score (nSPS) is 14.1. The quantitative estimate of drug-likeness (QED) is 0.720. The van der Waals surface area contributed by atoms with Crippen LogP contribution in [0.2, 0.25) is 0 Å². The Hall–Kier alpha value is -3.15. The van der Waals surface area contributed by atoms with E-state index in [4.69, 9.17) is 9.72 Å². The van der Waals surface area contributed by atoms with E-state index in [-0.39, 0.29) is 5.91 Å². The van der Waals surface area contributed by atoms with Gasteiger partial charge in [-0.1, -0.05) is 24.3 Å². The number of fused-ring (bicyclic) bond motifs is 1. The second-order valence-corrected chi connectivity index (χ2v) is 6.82. The third-order valence-corrected chi connectivity index (χ3v) is 4.86. The predicted molar refractivity (Wildman–Crippen MR) is 111 cm³/mol. The average molecular weight is 376 g/mol. The smallest absolute Gasteiger partial charge is 0.278 e. The lowest BCUT2D eigenvalue weighted by molar-refractivity contribution is 0.102. The van der Waals surface area contributed by atoms with Crippen LogP contribution in [0.5, 0.6) is 5.75 Å². The monoisotopic (exact) mass is 376 g/mol. The van der Waals surface area contributed by atoms with E-state index in [1.807, 2.05) is 55.5 Å². The molecule has 0 spiro atoms. The van der Waals surface area contributed by atoms with Crippen LogP contribution < -0.4 is 15.0 Å². The highest BCUT2D eigenvalue weighted by Crippen LogP contribution is 2.27. The summed E-state index contributed by atoms with van der Waals surface area (Å²) in [6.07, 6.45) is 3.41. The molecule has 0 atom stereocenters. The molecule has 0 aliphatic carbocycles. The first-order valence-corrected chi connectivity index (χ1v) is 9.81. The van der Waals surface area contributed by atoms with Crippen molar-refractivity contribution >= 4 is 28.4 Å². The minimum absolute atomic E-state index is 0.272. The zero-order valence-electron chi connectivity index (χ0n) is 16.0. The highest BCUT2D eigenvalue weighted by molar-refractivity contribution is 6.07. The standard InChI is InChI=1S/C22H24N4O2/c1-2-28-19-13-7-6-12-18(19)25-22(27)20-21(26-14-8-3-9-15-26)24-17-11-5-4-10-16(17)23-20/h4-7,10-13H,2-3,8-9,14-15H2,1H3,(H,25,27). The lowest BCUT2D eigenvalue weighted by atomic mass is 10.1. The number of carbonyl (C=O) groups excluding carboxylic acids is 1. The van der Waals surface area contributed by atoms with Crippen LogP contribution in [0.25, 0.3) is 11.0 Å². The molecular weight excluding hydrogens is 352 g/mol. The zero-order valence-corrected chi connectivity index (χ0v) is 16.0. The summed E-state index contributed by atoms with van der Waals surface area (Å²) >= 11 is 0. The summed E-state index contributed by atoms with van der Waals surface area (Å²) < 4.78 is 5.63. The van der Waals surface area contributed by atoms with Gasteiger partial charge in [-0.15, -0.1) is 0 Å². The van der Waals surface area contributed by atoms with Crippen LogP contribution in [0.3, 0.4) is 0 Å². The number of para-hydroxylation sites is 4. The topological polar surface area (TPSA) is 67.3 Å². The van der Waals surface area contributed by atoms with E-state index >= 15 is 0 Å². The van der Waals surface area contributed by atoms with Crippen molar-refractivity contribution in [2.75, 3.05) is 29.9 Å². The van der Waals surface area contributed by atoms with Crippen LogP contribution in [-0.2, 0) is 0 Å². The van der Waals surface area contributed by atoms with Crippen LogP contribution in [-0.4, -0.2) is 35.6 Å². The van der Waals surface area contributed by atoms with Gasteiger partial charge in [0.1, 0.15) is 5.75 Å². The minimum Gasteiger partial charge on any atom is -0.492 e. The summed E-state index contributed by atoms with van der Waals surface area (Å²) in [4.78, 5) is 24.8. The first-order chi connectivity index (χ1) is 13.8. The molecule has 28 heavy (non-hydrogen) atoms. The van der Waals surface area contributed by atoms with Crippen LogP contribution in [0, 0.1) is 0 Å². The maximum atomic E-state index is 13.2. The van der Waals surface area contributed by atoms with Crippen molar-refractivity contribution in [3.8, 4) is 5.75 Å². The number of aromatic nitrogens is 2. The molecule has 1 N–H and O–H groups in total. The molecular formula is C22H24N4O2. The summed E-state index contributed by atoms with van der Waals surface area (Å²) in [5, 5.41) is 2.96.